The summed E-state index contributed by atoms with van der Waals surface area (Å²) in [6, 6.07) is 13.1. The summed E-state index contributed by atoms with van der Waals surface area (Å²) in [6.07, 6.45) is 0. The second-order valence-electron chi connectivity index (χ2n) is 6.26. The maximum absolute atomic E-state index is 12.4. The lowest BCUT2D eigenvalue weighted by Gasteiger charge is -2.24. The van der Waals surface area contributed by atoms with Crippen LogP contribution in [0, 0.1) is 0 Å². The lowest BCUT2D eigenvalue weighted by Crippen LogP contribution is -2.35. The SMILES string of the molecule is COc1ccc(C(=O)OCC(=O)OCc2ccccc2)cc1N(CO[SH](=O)=O)CC(N)=O. The fraction of sp³-hybridized carbons (Fsp3) is 0.250. The molecule has 0 saturated carbocycles. The Morgan fingerprint density at radius 2 is 1.75 bits per heavy atom. The van der Waals surface area contributed by atoms with Gasteiger partial charge in [-0.15, -0.1) is 0 Å². The van der Waals surface area contributed by atoms with Crippen LogP contribution in [0.5, 0.6) is 5.75 Å². The van der Waals surface area contributed by atoms with Crippen molar-refractivity contribution in [1.29, 1.82) is 0 Å². The van der Waals surface area contributed by atoms with Crippen molar-refractivity contribution < 1.29 is 41.2 Å². The number of rotatable bonds is 12. The van der Waals surface area contributed by atoms with Crippen LogP contribution in [0.15, 0.2) is 48.5 Å². The number of ether oxygens (including phenoxy) is 3. The highest BCUT2D eigenvalue weighted by atomic mass is 32.2. The van der Waals surface area contributed by atoms with Crippen LogP contribution in [0.1, 0.15) is 15.9 Å². The third-order valence-corrected chi connectivity index (χ3v) is 4.31. The predicted molar refractivity (Wildman–Crippen MR) is 112 cm³/mol. The Hall–Kier alpha value is -3.64. The lowest BCUT2D eigenvalue weighted by atomic mass is 10.1. The summed E-state index contributed by atoms with van der Waals surface area (Å²) in [4.78, 5) is 36.8. The molecule has 0 unspecified atom stereocenters. The Balaban J connectivity index is 2.07. The van der Waals surface area contributed by atoms with Crippen LogP contribution in [0.2, 0.25) is 0 Å². The lowest BCUT2D eigenvalue weighted by molar-refractivity contribution is -0.148. The number of nitrogens with two attached hydrogens (primary N) is 1. The summed E-state index contributed by atoms with van der Waals surface area (Å²) in [5, 5.41) is 0. The second-order valence-corrected chi connectivity index (χ2v) is 6.96. The number of anilines is 1. The zero-order valence-corrected chi connectivity index (χ0v) is 18.0. The van der Waals surface area contributed by atoms with Crippen molar-refractivity contribution in [3.63, 3.8) is 0 Å². The molecule has 2 N–H and O–H groups in total. The van der Waals surface area contributed by atoms with E-state index in [4.69, 9.17) is 19.9 Å². The quantitative estimate of drug-likeness (QED) is 0.255. The smallest absolute Gasteiger partial charge is 0.344 e. The van der Waals surface area contributed by atoms with E-state index in [-0.39, 0.29) is 23.6 Å². The van der Waals surface area contributed by atoms with Gasteiger partial charge in [0.2, 0.25) is 5.91 Å². The van der Waals surface area contributed by atoms with Crippen LogP contribution in [0.4, 0.5) is 5.69 Å². The van der Waals surface area contributed by atoms with E-state index in [1.165, 1.54) is 25.3 Å². The van der Waals surface area contributed by atoms with Gasteiger partial charge in [0.1, 0.15) is 19.1 Å². The van der Waals surface area contributed by atoms with E-state index >= 15 is 0 Å². The van der Waals surface area contributed by atoms with Crippen molar-refractivity contribution in [3.8, 4) is 5.75 Å². The first-order valence-corrected chi connectivity index (χ1v) is 10.2. The molecule has 172 valence electrons. The van der Waals surface area contributed by atoms with E-state index in [2.05, 4.69) is 4.18 Å². The highest BCUT2D eigenvalue weighted by Crippen LogP contribution is 2.29. The predicted octanol–water partition coefficient (Wildman–Crippen LogP) is 0.388. The van der Waals surface area contributed by atoms with Gasteiger partial charge in [0.15, 0.2) is 6.61 Å². The molecule has 0 aromatic heterocycles. The topological polar surface area (TPSA) is 152 Å². The number of amides is 1. The molecule has 0 spiro atoms. The van der Waals surface area contributed by atoms with E-state index in [9.17, 15) is 22.8 Å². The number of nitrogens with zero attached hydrogens (tertiary/aromatic N) is 1. The van der Waals surface area contributed by atoms with Crippen molar-refractivity contribution in [2.24, 2.45) is 5.73 Å². The fourth-order valence-corrected chi connectivity index (χ4v) is 2.79. The Kier molecular flexibility index (Phi) is 9.44. The van der Waals surface area contributed by atoms with Gasteiger partial charge in [-0.2, -0.15) is 0 Å². The monoisotopic (exact) mass is 466 g/mol. The molecule has 0 atom stereocenters. The average molecular weight is 466 g/mol. The summed E-state index contributed by atoms with van der Waals surface area (Å²) in [6.45, 7) is -1.53. The van der Waals surface area contributed by atoms with E-state index < -0.39 is 48.7 Å². The van der Waals surface area contributed by atoms with Crippen LogP contribution < -0.4 is 15.4 Å². The Morgan fingerprint density at radius 3 is 2.38 bits per heavy atom. The molecule has 0 fully saturated rings. The van der Waals surface area contributed by atoms with E-state index in [0.717, 1.165) is 10.5 Å². The molecule has 0 aliphatic carbocycles. The van der Waals surface area contributed by atoms with Gasteiger partial charge in [-0.3, -0.25) is 8.98 Å². The largest absolute Gasteiger partial charge is 0.495 e. The van der Waals surface area contributed by atoms with Crippen LogP contribution >= 0.6 is 0 Å². The zero-order valence-electron chi connectivity index (χ0n) is 17.1. The third kappa shape index (κ3) is 7.89. The molecule has 2 aromatic carbocycles. The number of esters is 2. The van der Waals surface area contributed by atoms with Crippen molar-refractivity contribution in [2.75, 3.05) is 31.9 Å². The Bertz CT molecular complexity index is 1020. The van der Waals surface area contributed by atoms with E-state index in [0.29, 0.717) is 0 Å². The molecule has 11 nitrogen and oxygen atoms in total. The van der Waals surface area contributed by atoms with Gasteiger partial charge in [-0.25, -0.2) is 18.0 Å². The standard InChI is InChI=1S/C20H22N2O9S/c1-28-17-8-7-15(9-16(17)22(10-18(21)23)13-31-32(26)27)20(25)30-12-19(24)29-11-14-5-3-2-4-6-14/h2-9,32H,10-13H2,1H3,(H2,21,23). The third-order valence-electron chi connectivity index (χ3n) is 3.98. The molecule has 0 saturated heterocycles. The molecule has 1 amide bonds. The molecular formula is C20H22N2O9S. The van der Waals surface area contributed by atoms with Gasteiger partial charge >= 0.3 is 11.9 Å². The number of methoxy groups -OCH3 is 1. The minimum absolute atomic E-state index is 0.0117. The number of benzene rings is 2. The summed E-state index contributed by atoms with van der Waals surface area (Å²) < 4.78 is 41.3. The van der Waals surface area contributed by atoms with Gasteiger partial charge in [0.25, 0.3) is 11.0 Å². The Labute approximate surface area is 185 Å². The first-order chi connectivity index (χ1) is 15.3. The summed E-state index contributed by atoms with van der Waals surface area (Å²) in [7, 11) is -1.85. The minimum atomic E-state index is -3.19. The van der Waals surface area contributed by atoms with Crippen molar-refractivity contribution in [2.45, 2.75) is 6.61 Å². The van der Waals surface area contributed by atoms with Crippen molar-refractivity contribution in [3.05, 3.63) is 59.7 Å². The molecule has 0 aliphatic rings. The summed E-state index contributed by atoms with van der Waals surface area (Å²) in [5.41, 5.74) is 6.16. The van der Waals surface area contributed by atoms with Crippen LogP contribution in [0.25, 0.3) is 0 Å². The van der Waals surface area contributed by atoms with Crippen LogP contribution in [-0.2, 0) is 40.8 Å². The molecular weight excluding hydrogens is 444 g/mol. The normalized spacial score (nSPS) is 10.4. The number of primary amides is 1. The van der Waals surface area contributed by atoms with Gasteiger partial charge in [0, 0.05) is 0 Å². The number of hydrogen-bond donors (Lipinski definition) is 2. The van der Waals surface area contributed by atoms with Gasteiger partial charge < -0.3 is 24.8 Å². The first-order valence-electron chi connectivity index (χ1n) is 9.15. The molecule has 0 radical (unpaired) electrons. The van der Waals surface area contributed by atoms with Crippen molar-refractivity contribution in [1.82, 2.24) is 0 Å². The maximum Gasteiger partial charge on any atom is 0.344 e. The molecule has 12 heteroatoms. The van der Waals surface area contributed by atoms with Gasteiger partial charge in [0.05, 0.1) is 24.9 Å². The fourth-order valence-electron chi connectivity index (χ4n) is 2.56. The first kappa shape index (κ1) is 24.6. The molecule has 32 heavy (non-hydrogen) atoms. The van der Waals surface area contributed by atoms with Gasteiger partial charge in [-0.05, 0) is 23.8 Å². The van der Waals surface area contributed by atoms with Gasteiger partial charge in [-0.1, -0.05) is 30.3 Å². The average Bonchev–Trinajstić information content (AvgIpc) is 2.78. The molecule has 2 aromatic rings. The minimum Gasteiger partial charge on any atom is -0.495 e. The molecule has 0 bridgehead atoms. The number of thiol groups is 1. The second kappa shape index (κ2) is 12.3. The van der Waals surface area contributed by atoms with Crippen molar-refractivity contribution >= 4 is 34.5 Å². The zero-order chi connectivity index (χ0) is 23.5. The molecule has 0 aliphatic heterocycles. The maximum atomic E-state index is 12.4. The molecule has 2 rings (SSSR count). The number of hydrogen-bond acceptors (Lipinski definition) is 10. The Morgan fingerprint density at radius 1 is 1.03 bits per heavy atom. The highest BCUT2D eigenvalue weighted by molar-refractivity contribution is 7.67. The van der Waals surface area contributed by atoms with E-state index in [1.54, 1.807) is 24.3 Å². The summed E-state index contributed by atoms with van der Waals surface area (Å²) >= 11 is 0. The summed E-state index contributed by atoms with van der Waals surface area (Å²) in [5.74, 6) is -2.14. The number of carbonyl (C=O) groups is 3. The van der Waals surface area contributed by atoms with Crippen LogP contribution in [-0.4, -0.2) is 53.3 Å². The number of carbonyl (C=O) groups excluding carboxylic acids is 3. The highest BCUT2D eigenvalue weighted by Gasteiger charge is 2.19. The van der Waals surface area contributed by atoms with E-state index in [1.807, 2.05) is 6.07 Å². The molecule has 0 heterocycles. The van der Waals surface area contributed by atoms with Crippen LogP contribution in [0.3, 0.4) is 0 Å².